The summed E-state index contributed by atoms with van der Waals surface area (Å²) in [6, 6.07) is 0.431. The zero-order valence-electron chi connectivity index (χ0n) is 7.39. The minimum Gasteiger partial charge on any atom is -0.480 e. The van der Waals surface area contributed by atoms with Gasteiger partial charge in [-0.2, -0.15) is 5.10 Å². The van der Waals surface area contributed by atoms with Gasteiger partial charge in [0.05, 0.1) is 6.20 Å². The van der Waals surface area contributed by atoms with Crippen LogP contribution in [-0.2, 0) is 4.79 Å². The van der Waals surface area contributed by atoms with Crippen LogP contribution in [0.3, 0.4) is 0 Å². The Labute approximate surface area is 74.6 Å². The Morgan fingerprint density at radius 1 is 1.69 bits per heavy atom. The third kappa shape index (κ3) is 1.93. The number of carbonyl (C=O) groups is 1. The molecule has 0 bridgehead atoms. The molecule has 0 saturated heterocycles. The number of aromatic nitrogens is 2. The zero-order chi connectivity index (χ0) is 10.0. The third-order valence-electron chi connectivity index (χ3n) is 1.69. The molecular weight excluding hydrogens is 172 g/mol. The molecule has 0 saturated carbocycles. The SMILES string of the molecule is Cc1cnn([C@H](C)C(=O)O)c(=O)c1. The van der Waals surface area contributed by atoms with Crippen molar-refractivity contribution in [3.8, 4) is 0 Å². The number of hydrogen-bond donors (Lipinski definition) is 1. The number of hydrogen-bond acceptors (Lipinski definition) is 3. The van der Waals surface area contributed by atoms with Crippen molar-refractivity contribution in [3.63, 3.8) is 0 Å². The predicted octanol–water partition coefficient (Wildman–Crippen LogP) is 0.197. The highest BCUT2D eigenvalue weighted by Gasteiger charge is 2.14. The first-order chi connectivity index (χ1) is 6.02. The van der Waals surface area contributed by atoms with Gasteiger partial charge in [-0.15, -0.1) is 0 Å². The molecular formula is C8H10N2O3. The molecule has 0 amide bonds. The Balaban J connectivity index is 3.16. The molecule has 5 heteroatoms. The number of aryl methyl sites for hydroxylation is 1. The van der Waals surface area contributed by atoms with Crippen LogP contribution in [0.4, 0.5) is 0 Å². The summed E-state index contributed by atoms with van der Waals surface area (Å²) in [5.41, 5.74) is 0.328. The Kier molecular flexibility index (Phi) is 2.46. The molecule has 1 rings (SSSR count). The fourth-order valence-corrected chi connectivity index (χ4v) is 0.904. The minimum absolute atomic E-state index is 0.394. The largest absolute Gasteiger partial charge is 0.480 e. The molecule has 0 aromatic carbocycles. The van der Waals surface area contributed by atoms with Gasteiger partial charge in [0.2, 0.25) is 0 Å². The molecule has 0 fully saturated rings. The molecule has 1 aromatic heterocycles. The van der Waals surface area contributed by atoms with Crippen LogP contribution in [0.15, 0.2) is 17.1 Å². The fraction of sp³-hybridized carbons (Fsp3) is 0.375. The molecule has 0 aliphatic rings. The maximum atomic E-state index is 11.2. The van der Waals surface area contributed by atoms with E-state index in [9.17, 15) is 9.59 Å². The van der Waals surface area contributed by atoms with E-state index in [1.807, 2.05) is 0 Å². The van der Waals surface area contributed by atoms with Crippen LogP contribution in [0.2, 0.25) is 0 Å². The Bertz CT molecular complexity index is 383. The summed E-state index contributed by atoms with van der Waals surface area (Å²) in [7, 11) is 0. The lowest BCUT2D eigenvalue weighted by molar-refractivity contribution is -0.140. The fourth-order valence-electron chi connectivity index (χ4n) is 0.904. The van der Waals surface area contributed by atoms with E-state index in [1.54, 1.807) is 6.92 Å². The predicted molar refractivity (Wildman–Crippen MR) is 45.6 cm³/mol. The highest BCUT2D eigenvalue weighted by atomic mass is 16.4. The van der Waals surface area contributed by atoms with Gasteiger partial charge in [-0.05, 0) is 19.4 Å². The van der Waals surface area contributed by atoms with Crippen molar-refractivity contribution in [2.24, 2.45) is 0 Å². The number of carboxylic acid groups (broad SMARTS) is 1. The molecule has 0 unspecified atom stereocenters. The topological polar surface area (TPSA) is 72.2 Å². The second kappa shape index (κ2) is 3.38. The molecule has 70 valence electrons. The molecule has 0 aliphatic heterocycles. The van der Waals surface area contributed by atoms with Crippen LogP contribution < -0.4 is 5.56 Å². The summed E-state index contributed by atoms with van der Waals surface area (Å²) in [5.74, 6) is -1.07. The smallest absolute Gasteiger partial charge is 0.328 e. The second-order valence-corrected chi connectivity index (χ2v) is 2.83. The first kappa shape index (κ1) is 9.44. The quantitative estimate of drug-likeness (QED) is 0.709. The van der Waals surface area contributed by atoms with Gasteiger partial charge in [0.15, 0.2) is 6.04 Å². The first-order valence-electron chi connectivity index (χ1n) is 3.80. The lowest BCUT2D eigenvalue weighted by Crippen LogP contribution is -2.29. The van der Waals surface area contributed by atoms with Crippen molar-refractivity contribution in [1.82, 2.24) is 9.78 Å². The van der Waals surface area contributed by atoms with E-state index < -0.39 is 17.6 Å². The molecule has 1 atom stereocenters. The van der Waals surface area contributed by atoms with E-state index in [2.05, 4.69) is 5.10 Å². The Hall–Kier alpha value is -1.65. The van der Waals surface area contributed by atoms with Gasteiger partial charge in [-0.1, -0.05) is 0 Å². The molecule has 13 heavy (non-hydrogen) atoms. The normalized spacial score (nSPS) is 12.5. The number of carboxylic acids is 1. The Morgan fingerprint density at radius 3 is 2.77 bits per heavy atom. The van der Waals surface area contributed by atoms with E-state index in [0.717, 1.165) is 10.2 Å². The van der Waals surface area contributed by atoms with E-state index >= 15 is 0 Å². The van der Waals surface area contributed by atoms with Crippen LogP contribution in [0.5, 0.6) is 0 Å². The van der Waals surface area contributed by atoms with Crippen molar-refractivity contribution in [2.45, 2.75) is 19.9 Å². The summed E-state index contributed by atoms with van der Waals surface area (Å²) in [4.78, 5) is 21.8. The van der Waals surface area contributed by atoms with Crippen LogP contribution in [0.25, 0.3) is 0 Å². The lowest BCUT2D eigenvalue weighted by Gasteiger charge is -2.07. The number of rotatable bonds is 2. The zero-order valence-corrected chi connectivity index (χ0v) is 7.39. The Morgan fingerprint density at radius 2 is 2.31 bits per heavy atom. The van der Waals surface area contributed by atoms with Crippen molar-refractivity contribution in [3.05, 3.63) is 28.2 Å². The summed E-state index contributed by atoms with van der Waals surface area (Å²) >= 11 is 0. The molecule has 1 heterocycles. The van der Waals surface area contributed by atoms with Gasteiger partial charge in [0, 0.05) is 6.07 Å². The van der Waals surface area contributed by atoms with Gasteiger partial charge in [-0.25, -0.2) is 9.48 Å². The van der Waals surface area contributed by atoms with Crippen molar-refractivity contribution >= 4 is 5.97 Å². The third-order valence-corrected chi connectivity index (χ3v) is 1.69. The van der Waals surface area contributed by atoms with Gasteiger partial charge in [0.25, 0.3) is 5.56 Å². The van der Waals surface area contributed by atoms with Crippen LogP contribution in [0.1, 0.15) is 18.5 Å². The molecule has 0 spiro atoms. The van der Waals surface area contributed by atoms with Gasteiger partial charge in [0.1, 0.15) is 0 Å². The summed E-state index contributed by atoms with van der Waals surface area (Å²) in [6.07, 6.45) is 1.46. The molecule has 0 radical (unpaired) electrons. The van der Waals surface area contributed by atoms with Gasteiger partial charge < -0.3 is 5.11 Å². The van der Waals surface area contributed by atoms with Crippen LogP contribution in [0, 0.1) is 6.92 Å². The second-order valence-electron chi connectivity index (χ2n) is 2.83. The molecule has 1 aromatic rings. The summed E-state index contributed by atoms with van der Waals surface area (Å²) < 4.78 is 0.940. The number of nitrogens with zero attached hydrogens (tertiary/aromatic N) is 2. The number of aliphatic carboxylic acids is 1. The maximum absolute atomic E-state index is 11.2. The van der Waals surface area contributed by atoms with Crippen molar-refractivity contribution in [1.29, 1.82) is 0 Å². The van der Waals surface area contributed by atoms with E-state index in [1.165, 1.54) is 19.2 Å². The highest BCUT2D eigenvalue weighted by molar-refractivity contribution is 5.71. The molecule has 1 N–H and O–H groups in total. The maximum Gasteiger partial charge on any atom is 0.328 e. The van der Waals surface area contributed by atoms with Crippen molar-refractivity contribution in [2.75, 3.05) is 0 Å². The van der Waals surface area contributed by atoms with Crippen molar-refractivity contribution < 1.29 is 9.90 Å². The van der Waals surface area contributed by atoms with Gasteiger partial charge in [-0.3, -0.25) is 4.79 Å². The summed E-state index contributed by atoms with van der Waals surface area (Å²) in [6.45, 7) is 3.14. The first-order valence-corrected chi connectivity index (χ1v) is 3.80. The highest BCUT2D eigenvalue weighted by Crippen LogP contribution is 1.99. The van der Waals surface area contributed by atoms with E-state index in [-0.39, 0.29) is 0 Å². The average molecular weight is 182 g/mol. The van der Waals surface area contributed by atoms with E-state index in [4.69, 9.17) is 5.11 Å². The molecule has 0 aliphatic carbocycles. The molecule has 5 nitrogen and oxygen atoms in total. The van der Waals surface area contributed by atoms with Crippen LogP contribution in [-0.4, -0.2) is 20.9 Å². The lowest BCUT2D eigenvalue weighted by atomic mass is 10.3. The average Bonchev–Trinajstić information content (AvgIpc) is 2.03. The van der Waals surface area contributed by atoms with E-state index in [0.29, 0.717) is 0 Å². The monoisotopic (exact) mass is 182 g/mol. The standard InChI is InChI=1S/C8H10N2O3/c1-5-3-7(11)10(9-4-5)6(2)8(12)13/h3-4,6H,1-2H3,(H,12,13)/t6-/m1/s1. The minimum atomic E-state index is -1.07. The van der Waals surface area contributed by atoms with Gasteiger partial charge >= 0.3 is 5.97 Å². The van der Waals surface area contributed by atoms with Crippen LogP contribution >= 0.6 is 0 Å². The summed E-state index contributed by atoms with van der Waals surface area (Å²) in [5, 5.41) is 12.4.